The molecule has 66 heavy (non-hydrogen) atoms. The van der Waals surface area contributed by atoms with Crippen LogP contribution in [0.25, 0.3) is 44.2 Å². The van der Waals surface area contributed by atoms with Crippen molar-refractivity contribution in [3.05, 3.63) is 108 Å². The van der Waals surface area contributed by atoms with Crippen LogP contribution in [0.1, 0.15) is 102 Å². The molecule has 0 aliphatic carbocycles. The number of alkyl carbamates (subject to hydrolysis) is 1. The number of methoxy groups -OCH3 is 1. The molecule has 5 N–H and O–H groups in total. The van der Waals surface area contributed by atoms with Gasteiger partial charge in [-0.25, -0.2) is 19.6 Å². The molecule has 0 unspecified atom stereocenters. The van der Waals surface area contributed by atoms with Crippen molar-refractivity contribution in [1.82, 2.24) is 40.4 Å². The van der Waals surface area contributed by atoms with E-state index in [0.29, 0.717) is 43.3 Å². The van der Waals surface area contributed by atoms with Crippen molar-refractivity contribution in [3.8, 4) is 28.1 Å². The fourth-order valence-electron chi connectivity index (χ4n) is 9.49. The highest BCUT2D eigenvalue weighted by Gasteiger charge is 2.41. The number of imidazole rings is 2. The molecular formula is C51H59N8O7. The second kappa shape index (κ2) is 18.9. The number of aromatic nitrogens is 4. The summed E-state index contributed by atoms with van der Waals surface area (Å²) in [6.45, 7) is 15.5. The molecule has 15 heteroatoms. The Morgan fingerprint density at radius 3 is 2.18 bits per heavy atom. The Morgan fingerprint density at radius 1 is 0.833 bits per heavy atom. The lowest BCUT2D eigenvalue weighted by atomic mass is 9.92. The number of benzene rings is 4. The number of likely N-dealkylation sites (tertiary alicyclic amines) is 2. The largest absolute Gasteiger partial charge is 0.488 e. The number of fused-ring (bicyclic) bond motifs is 6. The molecular weight excluding hydrogens is 837 g/mol. The molecule has 5 heterocycles. The van der Waals surface area contributed by atoms with Crippen LogP contribution in [-0.2, 0) is 20.9 Å². The third-order valence-electron chi connectivity index (χ3n) is 12.5. The number of H-pyrrole nitrogens is 2. The van der Waals surface area contributed by atoms with E-state index in [1.807, 2.05) is 55.1 Å². The molecule has 2 aromatic heterocycles. The minimum Gasteiger partial charge on any atom is -0.488 e. The van der Waals surface area contributed by atoms with Crippen molar-refractivity contribution in [1.29, 1.82) is 0 Å². The van der Waals surface area contributed by atoms with Gasteiger partial charge in [0.2, 0.25) is 5.91 Å². The Hall–Kier alpha value is -6.90. The first-order valence-corrected chi connectivity index (χ1v) is 22.6. The van der Waals surface area contributed by atoms with E-state index in [9.17, 15) is 24.3 Å². The lowest BCUT2D eigenvalue weighted by molar-refractivity contribution is -0.136. The maximum absolute atomic E-state index is 14.2. The molecule has 3 aliphatic rings. The minimum atomic E-state index is -1.22. The molecule has 0 spiro atoms. The SMILES string of the molecule is COC(=O)N[C@@H](C(=O)N1C[C@@H](C)C[C@H]1c1nc2ccc3cc4c(cc3c2[nH]1)OCc1cc(-c2cnc([C@@H]3C[C@H](C)CN3C(=O)[C@@H](NC(=O)O)C(C)C)[nH]2)ccc1-4)c1ccccc1.C[C](C)C. The predicted octanol–water partition coefficient (Wildman–Crippen LogP) is 9.49. The zero-order valence-corrected chi connectivity index (χ0v) is 38.8. The van der Waals surface area contributed by atoms with Gasteiger partial charge < -0.3 is 45.0 Å². The van der Waals surface area contributed by atoms with Gasteiger partial charge in [-0.1, -0.05) is 97.0 Å². The molecule has 345 valence electrons. The lowest BCUT2D eigenvalue weighted by Gasteiger charge is -2.29. The van der Waals surface area contributed by atoms with Gasteiger partial charge in [0.1, 0.15) is 36.1 Å². The standard InChI is InChI=1S/C47H50N8O7.C4H9/c1-24(2)39(52-46(58)59)44(56)54-21-25(3)15-36(54)42-48-20-35(50-42)29-11-13-31-30(17-29)23-62-38-19-32-28(18-33(31)38)12-14-34-41(32)51-43(49-34)37-16-26(4)22-55(37)45(57)40(53-47(60)61-5)27-9-7-6-8-10-27;1-4(2)3/h6-14,17-20,24-26,36-37,39-40,52H,15-16,21-23H2,1-5H3,(H,48,50)(H,49,51)(H,53,60)(H,58,59);1-3H3/t25-,26-,36-,37-,39-,40+;/m0./s1. The summed E-state index contributed by atoms with van der Waals surface area (Å²) < 4.78 is 11.3. The first kappa shape index (κ1) is 45.7. The number of aromatic amines is 2. The average Bonchev–Trinajstić information content (AvgIpc) is 4.12. The number of carbonyl (C=O) groups excluding carboxylic acids is 3. The van der Waals surface area contributed by atoms with Crippen molar-refractivity contribution in [2.75, 3.05) is 20.2 Å². The molecule has 2 fully saturated rings. The number of carboxylic acid groups (broad SMARTS) is 1. The van der Waals surface area contributed by atoms with Crippen molar-refractivity contribution in [3.63, 3.8) is 0 Å². The maximum Gasteiger partial charge on any atom is 0.407 e. The normalized spacial score (nSPS) is 19.7. The predicted molar refractivity (Wildman–Crippen MR) is 252 cm³/mol. The number of amides is 4. The highest BCUT2D eigenvalue weighted by molar-refractivity contribution is 6.07. The topological polar surface area (TPSA) is 195 Å². The molecule has 6 atom stereocenters. The van der Waals surface area contributed by atoms with Crippen LogP contribution >= 0.6 is 0 Å². The monoisotopic (exact) mass is 895 g/mol. The van der Waals surface area contributed by atoms with Crippen molar-refractivity contribution >= 4 is 45.8 Å². The lowest BCUT2D eigenvalue weighted by Crippen LogP contribution is -2.50. The molecule has 3 aliphatic heterocycles. The van der Waals surface area contributed by atoms with Gasteiger partial charge in [-0.05, 0) is 88.4 Å². The van der Waals surface area contributed by atoms with Gasteiger partial charge in [-0.15, -0.1) is 0 Å². The average molecular weight is 896 g/mol. The van der Waals surface area contributed by atoms with E-state index < -0.39 is 24.3 Å². The maximum atomic E-state index is 14.2. The van der Waals surface area contributed by atoms with Crippen LogP contribution in [0.4, 0.5) is 9.59 Å². The van der Waals surface area contributed by atoms with Gasteiger partial charge in [0, 0.05) is 24.0 Å². The van der Waals surface area contributed by atoms with Gasteiger partial charge in [0.25, 0.3) is 5.91 Å². The smallest absolute Gasteiger partial charge is 0.407 e. The van der Waals surface area contributed by atoms with E-state index in [4.69, 9.17) is 19.4 Å². The van der Waals surface area contributed by atoms with E-state index in [1.165, 1.54) is 13.0 Å². The van der Waals surface area contributed by atoms with Crippen LogP contribution < -0.4 is 15.4 Å². The highest BCUT2D eigenvalue weighted by atomic mass is 16.5. The first-order valence-electron chi connectivity index (χ1n) is 22.6. The Labute approximate surface area is 384 Å². The molecule has 4 amide bonds. The molecule has 15 nitrogen and oxygen atoms in total. The Kier molecular flexibility index (Phi) is 13.1. The summed E-state index contributed by atoms with van der Waals surface area (Å²) in [5, 5.41) is 16.5. The fourth-order valence-corrected chi connectivity index (χ4v) is 9.49. The highest BCUT2D eigenvalue weighted by Crippen LogP contribution is 2.44. The van der Waals surface area contributed by atoms with Crippen molar-refractivity contribution in [2.24, 2.45) is 17.8 Å². The van der Waals surface area contributed by atoms with Gasteiger partial charge in [-0.2, -0.15) is 0 Å². The molecule has 0 bridgehead atoms. The zero-order valence-electron chi connectivity index (χ0n) is 38.8. The summed E-state index contributed by atoms with van der Waals surface area (Å²) >= 11 is 0. The number of ether oxygens (including phenoxy) is 2. The van der Waals surface area contributed by atoms with Crippen molar-refractivity contribution < 1.29 is 33.8 Å². The second-order valence-electron chi connectivity index (χ2n) is 18.8. The van der Waals surface area contributed by atoms with Crippen LogP contribution in [0.5, 0.6) is 5.75 Å². The van der Waals surface area contributed by atoms with Crippen molar-refractivity contribution in [2.45, 2.75) is 92.1 Å². The number of rotatable bonds is 9. The molecule has 1 radical (unpaired) electrons. The fraction of sp³-hybridized carbons (Fsp3) is 0.392. The Balaban J connectivity index is 0.00000142. The molecule has 0 saturated carbocycles. The van der Waals surface area contributed by atoms with E-state index in [0.717, 1.165) is 61.9 Å². The van der Waals surface area contributed by atoms with Gasteiger partial charge in [0.05, 0.1) is 42.1 Å². The third-order valence-corrected chi connectivity index (χ3v) is 12.5. The van der Waals surface area contributed by atoms with Crippen LogP contribution in [0.15, 0.2) is 79.0 Å². The number of carbonyl (C=O) groups is 4. The Morgan fingerprint density at radius 2 is 1.52 bits per heavy atom. The van der Waals surface area contributed by atoms with E-state index in [-0.39, 0.29) is 41.7 Å². The quantitative estimate of drug-likeness (QED) is 0.0940. The number of nitrogens with one attached hydrogen (secondary N) is 4. The van der Waals surface area contributed by atoms with E-state index in [2.05, 4.69) is 91.6 Å². The zero-order chi connectivity index (χ0) is 47.0. The third kappa shape index (κ3) is 9.29. The molecule has 4 aromatic carbocycles. The molecule has 2 saturated heterocycles. The number of nitrogens with zero attached hydrogens (tertiary/aromatic N) is 4. The first-order chi connectivity index (χ1) is 31.6. The van der Waals surface area contributed by atoms with Gasteiger partial charge in [0.15, 0.2) is 0 Å². The summed E-state index contributed by atoms with van der Waals surface area (Å²) in [5.74, 6) is 3.29. The van der Waals surface area contributed by atoms with Gasteiger partial charge >= 0.3 is 12.2 Å². The summed E-state index contributed by atoms with van der Waals surface area (Å²) in [5.41, 5.74) is 7.12. The summed E-state index contributed by atoms with van der Waals surface area (Å²) in [6.07, 6.45) is 1.31. The Bertz CT molecular complexity index is 2760. The molecule has 6 aromatic rings. The van der Waals surface area contributed by atoms with Crippen LogP contribution in [0, 0.1) is 23.7 Å². The number of hydrogen-bond donors (Lipinski definition) is 5. The van der Waals surface area contributed by atoms with E-state index in [1.54, 1.807) is 11.1 Å². The summed E-state index contributed by atoms with van der Waals surface area (Å²) in [6, 6.07) is 21.3. The number of hydrogen-bond acceptors (Lipinski definition) is 8. The summed E-state index contributed by atoms with van der Waals surface area (Å²) in [4.78, 5) is 72.2. The van der Waals surface area contributed by atoms with E-state index >= 15 is 0 Å². The summed E-state index contributed by atoms with van der Waals surface area (Å²) in [7, 11) is 1.28. The van der Waals surface area contributed by atoms with Crippen LogP contribution in [0.3, 0.4) is 0 Å². The van der Waals surface area contributed by atoms with Gasteiger partial charge in [-0.3, -0.25) is 9.59 Å². The minimum absolute atomic E-state index is 0.211. The second-order valence-corrected chi connectivity index (χ2v) is 18.8. The molecule has 9 rings (SSSR count). The van der Waals surface area contributed by atoms with Crippen LogP contribution in [0.2, 0.25) is 0 Å². The van der Waals surface area contributed by atoms with Crippen LogP contribution in [-0.4, -0.2) is 85.1 Å².